The molecular formula is C7H16O2. The van der Waals surface area contributed by atoms with Crippen LogP contribution in [0, 0.1) is 0 Å². The molecule has 0 spiro atoms. The Kier molecular flexibility index (Phi) is 4.72. The molecule has 2 atom stereocenters. The number of aliphatic hydroxyl groups is 1. The number of hydrogen-bond donors (Lipinski definition) is 1. The zero-order chi connectivity index (χ0) is 7.28. The second-order valence-electron chi connectivity index (χ2n) is 1.93. The van der Waals surface area contributed by atoms with Crippen molar-refractivity contribution in [2.75, 3.05) is 6.61 Å². The van der Waals surface area contributed by atoms with Gasteiger partial charge in [0.15, 0.2) is 0 Å². The maximum atomic E-state index is 8.87. The van der Waals surface area contributed by atoms with Crippen LogP contribution in [-0.2, 0) is 4.74 Å². The van der Waals surface area contributed by atoms with E-state index in [1.165, 1.54) is 0 Å². The molecule has 0 saturated carbocycles. The minimum atomic E-state index is -0.208. The third-order valence-electron chi connectivity index (χ3n) is 1.34. The Morgan fingerprint density at radius 3 is 2.11 bits per heavy atom. The molecule has 1 rings (SSSR count). The molecule has 1 heterocycles. The SMILES string of the molecule is CC.CC1OCCC1O. The fourth-order valence-electron chi connectivity index (χ4n) is 0.720. The van der Waals surface area contributed by atoms with E-state index in [0.717, 1.165) is 13.0 Å². The summed E-state index contributed by atoms with van der Waals surface area (Å²) in [6.45, 7) is 6.61. The van der Waals surface area contributed by atoms with E-state index in [9.17, 15) is 0 Å². The standard InChI is InChI=1S/C5H10O2.C2H6/c1-4-5(6)2-3-7-4;1-2/h4-6H,2-3H2,1H3;1-2H3. The van der Waals surface area contributed by atoms with Crippen LogP contribution >= 0.6 is 0 Å². The third-order valence-corrected chi connectivity index (χ3v) is 1.34. The maximum absolute atomic E-state index is 8.87. The summed E-state index contributed by atoms with van der Waals surface area (Å²) < 4.78 is 5.02. The van der Waals surface area contributed by atoms with Crippen molar-refractivity contribution in [2.45, 2.75) is 39.4 Å². The molecule has 0 aliphatic carbocycles. The molecule has 2 nitrogen and oxygen atoms in total. The highest BCUT2D eigenvalue weighted by Crippen LogP contribution is 2.10. The molecule has 2 unspecified atom stereocenters. The van der Waals surface area contributed by atoms with Crippen LogP contribution in [0.5, 0.6) is 0 Å². The van der Waals surface area contributed by atoms with Crippen LogP contribution in [0.1, 0.15) is 27.2 Å². The summed E-state index contributed by atoms with van der Waals surface area (Å²) in [6, 6.07) is 0. The highest BCUT2D eigenvalue weighted by Gasteiger charge is 2.20. The summed E-state index contributed by atoms with van der Waals surface area (Å²) in [5.74, 6) is 0. The Balaban J connectivity index is 0.000000291. The van der Waals surface area contributed by atoms with Crippen molar-refractivity contribution >= 4 is 0 Å². The van der Waals surface area contributed by atoms with Gasteiger partial charge in [0.25, 0.3) is 0 Å². The molecule has 0 radical (unpaired) electrons. The fraction of sp³-hybridized carbons (Fsp3) is 1.00. The first-order valence-electron chi connectivity index (χ1n) is 3.60. The van der Waals surface area contributed by atoms with Crippen LogP contribution < -0.4 is 0 Å². The van der Waals surface area contributed by atoms with Crippen LogP contribution in [0.15, 0.2) is 0 Å². The lowest BCUT2D eigenvalue weighted by molar-refractivity contribution is 0.0556. The van der Waals surface area contributed by atoms with Gasteiger partial charge in [-0.2, -0.15) is 0 Å². The van der Waals surface area contributed by atoms with Crippen LogP contribution in [0.25, 0.3) is 0 Å². The van der Waals surface area contributed by atoms with Gasteiger partial charge in [-0.25, -0.2) is 0 Å². The summed E-state index contributed by atoms with van der Waals surface area (Å²) >= 11 is 0. The van der Waals surface area contributed by atoms with Gasteiger partial charge in [0.1, 0.15) is 0 Å². The van der Waals surface area contributed by atoms with Crippen LogP contribution in [0.3, 0.4) is 0 Å². The van der Waals surface area contributed by atoms with Crippen molar-refractivity contribution in [1.82, 2.24) is 0 Å². The molecule has 1 aliphatic rings. The molecule has 0 amide bonds. The van der Waals surface area contributed by atoms with E-state index in [2.05, 4.69) is 0 Å². The van der Waals surface area contributed by atoms with Crippen LogP contribution in [-0.4, -0.2) is 23.9 Å². The summed E-state index contributed by atoms with van der Waals surface area (Å²) in [6.07, 6.45) is 0.668. The fourth-order valence-corrected chi connectivity index (χ4v) is 0.720. The first-order chi connectivity index (χ1) is 4.30. The average molecular weight is 132 g/mol. The molecule has 2 heteroatoms. The Morgan fingerprint density at radius 2 is 2.00 bits per heavy atom. The van der Waals surface area contributed by atoms with Crippen molar-refractivity contribution in [3.8, 4) is 0 Å². The summed E-state index contributed by atoms with van der Waals surface area (Å²) in [7, 11) is 0. The molecule has 1 fully saturated rings. The Labute approximate surface area is 56.8 Å². The average Bonchev–Trinajstić information content (AvgIpc) is 2.23. The van der Waals surface area contributed by atoms with Gasteiger partial charge in [0.05, 0.1) is 12.2 Å². The first kappa shape index (κ1) is 8.92. The molecule has 56 valence electrons. The summed E-state index contributed by atoms with van der Waals surface area (Å²) in [5.41, 5.74) is 0. The minimum Gasteiger partial charge on any atom is -0.390 e. The Hall–Kier alpha value is -0.0800. The lowest BCUT2D eigenvalue weighted by atomic mass is 10.2. The number of ether oxygens (including phenoxy) is 1. The second-order valence-corrected chi connectivity index (χ2v) is 1.93. The van der Waals surface area contributed by atoms with Crippen LogP contribution in [0.4, 0.5) is 0 Å². The third kappa shape index (κ3) is 2.82. The van der Waals surface area contributed by atoms with Gasteiger partial charge in [-0.05, 0) is 13.3 Å². The molecule has 0 aromatic carbocycles. The molecular weight excluding hydrogens is 116 g/mol. The highest BCUT2D eigenvalue weighted by atomic mass is 16.5. The second kappa shape index (κ2) is 4.77. The Bertz CT molecular complexity index is 55.9. The molecule has 9 heavy (non-hydrogen) atoms. The van der Waals surface area contributed by atoms with Gasteiger partial charge in [-0.15, -0.1) is 0 Å². The van der Waals surface area contributed by atoms with Gasteiger partial charge < -0.3 is 9.84 Å². The van der Waals surface area contributed by atoms with E-state index < -0.39 is 0 Å². The van der Waals surface area contributed by atoms with Crippen molar-refractivity contribution in [3.63, 3.8) is 0 Å². The lowest BCUT2D eigenvalue weighted by Crippen LogP contribution is -2.15. The zero-order valence-electron chi connectivity index (χ0n) is 6.42. The molecule has 1 aliphatic heterocycles. The van der Waals surface area contributed by atoms with Gasteiger partial charge >= 0.3 is 0 Å². The molecule has 1 saturated heterocycles. The van der Waals surface area contributed by atoms with E-state index in [1.807, 2.05) is 20.8 Å². The molecule has 0 bridgehead atoms. The van der Waals surface area contributed by atoms with Crippen molar-refractivity contribution in [2.24, 2.45) is 0 Å². The largest absolute Gasteiger partial charge is 0.390 e. The minimum absolute atomic E-state index is 0.0694. The lowest BCUT2D eigenvalue weighted by Gasteiger charge is -2.03. The van der Waals surface area contributed by atoms with Gasteiger partial charge in [0.2, 0.25) is 0 Å². The Morgan fingerprint density at radius 1 is 1.44 bits per heavy atom. The summed E-state index contributed by atoms with van der Waals surface area (Å²) in [5, 5.41) is 8.87. The van der Waals surface area contributed by atoms with E-state index >= 15 is 0 Å². The zero-order valence-corrected chi connectivity index (χ0v) is 6.42. The van der Waals surface area contributed by atoms with Crippen molar-refractivity contribution in [1.29, 1.82) is 0 Å². The quantitative estimate of drug-likeness (QED) is 0.536. The van der Waals surface area contributed by atoms with E-state index in [1.54, 1.807) is 0 Å². The number of rotatable bonds is 0. The highest BCUT2D eigenvalue weighted by molar-refractivity contribution is 4.69. The van der Waals surface area contributed by atoms with Crippen LogP contribution in [0.2, 0.25) is 0 Å². The van der Waals surface area contributed by atoms with Gasteiger partial charge in [-0.3, -0.25) is 0 Å². The van der Waals surface area contributed by atoms with E-state index in [-0.39, 0.29) is 12.2 Å². The normalized spacial score (nSPS) is 33.3. The van der Waals surface area contributed by atoms with Crippen molar-refractivity contribution < 1.29 is 9.84 Å². The molecule has 0 aromatic rings. The maximum Gasteiger partial charge on any atom is 0.0821 e. The van der Waals surface area contributed by atoms with Gasteiger partial charge in [-0.1, -0.05) is 13.8 Å². The number of hydrogen-bond acceptors (Lipinski definition) is 2. The predicted molar refractivity (Wildman–Crippen MR) is 37.4 cm³/mol. The first-order valence-corrected chi connectivity index (χ1v) is 3.60. The van der Waals surface area contributed by atoms with Gasteiger partial charge in [0, 0.05) is 6.61 Å². The van der Waals surface area contributed by atoms with E-state index in [0.29, 0.717) is 0 Å². The smallest absolute Gasteiger partial charge is 0.0821 e. The summed E-state index contributed by atoms with van der Waals surface area (Å²) in [4.78, 5) is 0. The topological polar surface area (TPSA) is 29.5 Å². The predicted octanol–water partition coefficient (Wildman–Crippen LogP) is 1.18. The van der Waals surface area contributed by atoms with Crippen molar-refractivity contribution in [3.05, 3.63) is 0 Å². The monoisotopic (exact) mass is 132 g/mol. The number of aliphatic hydroxyl groups excluding tert-OH is 1. The van der Waals surface area contributed by atoms with E-state index in [4.69, 9.17) is 9.84 Å². The molecule has 1 N–H and O–H groups in total. The molecule has 0 aromatic heterocycles.